The van der Waals surface area contributed by atoms with Crippen LogP contribution in [0.15, 0.2) is 60.7 Å². The van der Waals surface area contributed by atoms with Gasteiger partial charge < -0.3 is 9.72 Å². The number of nitrogens with zero attached hydrogens (tertiary/aromatic N) is 1. The van der Waals surface area contributed by atoms with Gasteiger partial charge in [0.05, 0.1) is 21.6 Å². The number of benzene rings is 3. The monoisotopic (exact) mass is 458 g/mol. The maximum atomic E-state index is 13.2. The number of aromatic amines is 1. The second-order valence-corrected chi connectivity index (χ2v) is 9.06. The number of aromatic nitrogens is 2. The molecule has 0 fully saturated rings. The largest absolute Gasteiger partial charge is 0.487 e. The molecule has 1 aromatic heterocycles. The highest BCUT2D eigenvalue weighted by atomic mass is 35.5. The Kier molecular flexibility index (Phi) is 5.67. The van der Waals surface area contributed by atoms with Gasteiger partial charge in [-0.25, -0.2) is 4.98 Å². The summed E-state index contributed by atoms with van der Waals surface area (Å²) in [6.45, 7) is 6.18. The van der Waals surface area contributed by atoms with E-state index < -0.39 is 11.7 Å². The molecular formula is C25H22ClF3N2O. The van der Waals surface area contributed by atoms with Crippen LogP contribution < -0.4 is 4.74 Å². The van der Waals surface area contributed by atoms with Crippen LogP contribution >= 0.6 is 11.6 Å². The summed E-state index contributed by atoms with van der Waals surface area (Å²) in [4.78, 5) is 7.95. The summed E-state index contributed by atoms with van der Waals surface area (Å²) < 4.78 is 45.4. The maximum absolute atomic E-state index is 13.2. The Hall–Kier alpha value is -2.99. The summed E-state index contributed by atoms with van der Waals surface area (Å²) in [5, 5.41) is 0.310. The van der Waals surface area contributed by atoms with Crippen LogP contribution in [0.1, 0.15) is 37.5 Å². The number of H-pyrrole nitrogens is 1. The molecular weight excluding hydrogens is 437 g/mol. The molecule has 3 nitrogen and oxygen atoms in total. The number of nitrogens with one attached hydrogen (secondary N) is 1. The van der Waals surface area contributed by atoms with Crippen LogP contribution in [0.25, 0.3) is 22.4 Å². The van der Waals surface area contributed by atoms with E-state index in [9.17, 15) is 13.2 Å². The van der Waals surface area contributed by atoms with Crippen molar-refractivity contribution in [1.29, 1.82) is 0 Å². The lowest BCUT2D eigenvalue weighted by Gasteiger charge is -2.18. The summed E-state index contributed by atoms with van der Waals surface area (Å²) >= 11 is 6.25. The Morgan fingerprint density at radius 3 is 2.44 bits per heavy atom. The van der Waals surface area contributed by atoms with Crippen molar-refractivity contribution in [2.24, 2.45) is 0 Å². The first kappa shape index (κ1) is 22.2. The van der Waals surface area contributed by atoms with Crippen molar-refractivity contribution >= 4 is 22.6 Å². The lowest BCUT2D eigenvalue weighted by atomic mass is 9.87. The number of imidazole rings is 1. The third-order valence-corrected chi connectivity index (χ3v) is 5.57. The van der Waals surface area contributed by atoms with E-state index in [1.165, 1.54) is 17.7 Å². The second-order valence-electron chi connectivity index (χ2n) is 8.66. The van der Waals surface area contributed by atoms with Gasteiger partial charge in [-0.1, -0.05) is 56.6 Å². The highest BCUT2D eigenvalue weighted by molar-refractivity contribution is 6.32. The SMILES string of the molecule is CC(C)(C)c1ccc2nc(-c3ccc(Cl)c(OCc4ccccc4C(F)(F)F)c3)[nH]c2c1. The molecule has 0 amide bonds. The Morgan fingerprint density at radius 1 is 0.969 bits per heavy atom. The third-order valence-electron chi connectivity index (χ3n) is 5.26. The maximum Gasteiger partial charge on any atom is 0.416 e. The first-order chi connectivity index (χ1) is 15.0. The predicted octanol–water partition coefficient (Wildman–Crippen LogP) is 7.78. The lowest BCUT2D eigenvalue weighted by molar-refractivity contribution is -0.138. The Morgan fingerprint density at radius 2 is 1.72 bits per heavy atom. The molecule has 0 aliphatic heterocycles. The Balaban J connectivity index is 1.63. The molecule has 0 aliphatic rings. The first-order valence-electron chi connectivity index (χ1n) is 10.1. The molecule has 4 aromatic rings. The lowest BCUT2D eigenvalue weighted by Crippen LogP contribution is -2.10. The average molecular weight is 459 g/mol. The Labute approximate surface area is 189 Å². The molecule has 0 radical (unpaired) electrons. The van der Waals surface area contributed by atoms with Crippen LogP contribution in [-0.2, 0) is 18.2 Å². The Bertz CT molecular complexity index is 1270. The van der Waals surface area contributed by atoms with Gasteiger partial charge in [-0.3, -0.25) is 0 Å². The van der Waals surface area contributed by atoms with Crippen molar-refractivity contribution in [3.05, 3.63) is 82.4 Å². The van der Waals surface area contributed by atoms with E-state index in [4.69, 9.17) is 16.3 Å². The molecule has 1 heterocycles. The first-order valence-corrected chi connectivity index (χ1v) is 10.5. The number of ether oxygens (including phenoxy) is 1. The summed E-state index contributed by atoms with van der Waals surface area (Å²) in [7, 11) is 0. The van der Waals surface area contributed by atoms with Crippen molar-refractivity contribution in [1.82, 2.24) is 9.97 Å². The van der Waals surface area contributed by atoms with Crippen molar-refractivity contribution in [2.45, 2.75) is 39.0 Å². The smallest absolute Gasteiger partial charge is 0.416 e. The number of hydrogen-bond acceptors (Lipinski definition) is 2. The fourth-order valence-electron chi connectivity index (χ4n) is 3.45. The van der Waals surface area contributed by atoms with Crippen LogP contribution in [0.4, 0.5) is 13.2 Å². The molecule has 0 atom stereocenters. The van der Waals surface area contributed by atoms with E-state index in [0.717, 1.165) is 22.7 Å². The van der Waals surface area contributed by atoms with Crippen molar-refractivity contribution in [3.63, 3.8) is 0 Å². The zero-order valence-electron chi connectivity index (χ0n) is 17.8. The minimum atomic E-state index is -4.45. The van der Waals surface area contributed by atoms with E-state index in [2.05, 4.69) is 42.9 Å². The summed E-state index contributed by atoms with van der Waals surface area (Å²) in [5.74, 6) is 0.917. The van der Waals surface area contributed by atoms with Crippen LogP contribution in [0.2, 0.25) is 5.02 Å². The van der Waals surface area contributed by atoms with Gasteiger partial charge in [0, 0.05) is 11.1 Å². The van der Waals surface area contributed by atoms with Gasteiger partial charge in [0.15, 0.2) is 0 Å². The van der Waals surface area contributed by atoms with Gasteiger partial charge in [0.2, 0.25) is 0 Å². The zero-order valence-corrected chi connectivity index (χ0v) is 18.6. The molecule has 3 aromatic carbocycles. The molecule has 0 unspecified atom stereocenters. The minimum Gasteiger partial charge on any atom is -0.487 e. The van der Waals surface area contributed by atoms with Gasteiger partial charge in [-0.15, -0.1) is 0 Å². The molecule has 4 rings (SSSR count). The standard InChI is InChI=1S/C25H22ClF3N2O/c1-24(2,3)17-9-11-20-21(13-17)31-23(30-20)15-8-10-19(26)22(12-15)32-14-16-6-4-5-7-18(16)25(27,28)29/h4-13H,14H2,1-3H3,(H,30,31). The number of fused-ring (bicyclic) bond motifs is 1. The number of halogens is 4. The van der Waals surface area contributed by atoms with Crippen LogP contribution in [0.5, 0.6) is 5.75 Å². The quantitative estimate of drug-likeness (QED) is 0.339. The molecule has 32 heavy (non-hydrogen) atoms. The molecule has 0 saturated carbocycles. The number of hydrogen-bond donors (Lipinski definition) is 1. The summed E-state index contributed by atoms with van der Waals surface area (Å²) in [5.41, 5.74) is 2.96. The fraction of sp³-hybridized carbons (Fsp3) is 0.240. The van der Waals surface area contributed by atoms with Crippen molar-refractivity contribution in [2.75, 3.05) is 0 Å². The zero-order chi connectivity index (χ0) is 23.1. The van der Waals surface area contributed by atoms with Crippen LogP contribution in [-0.4, -0.2) is 9.97 Å². The minimum absolute atomic E-state index is 0.00739. The normalized spacial score (nSPS) is 12.3. The van der Waals surface area contributed by atoms with Gasteiger partial charge in [-0.2, -0.15) is 13.2 Å². The second kappa shape index (κ2) is 8.17. The topological polar surface area (TPSA) is 37.9 Å². The molecule has 1 N–H and O–H groups in total. The predicted molar refractivity (Wildman–Crippen MR) is 121 cm³/mol. The third kappa shape index (κ3) is 4.60. The van der Waals surface area contributed by atoms with Gasteiger partial charge in [-0.05, 0) is 47.4 Å². The van der Waals surface area contributed by atoms with Crippen molar-refractivity contribution in [3.8, 4) is 17.1 Å². The summed E-state index contributed by atoms with van der Waals surface area (Å²) in [6, 6.07) is 16.6. The van der Waals surface area contributed by atoms with E-state index in [-0.39, 0.29) is 23.3 Å². The summed E-state index contributed by atoms with van der Waals surface area (Å²) in [6.07, 6.45) is -4.45. The van der Waals surface area contributed by atoms with E-state index >= 15 is 0 Å². The van der Waals surface area contributed by atoms with Gasteiger partial charge in [0.1, 0.15) is 18.2 Å². The number of rotatable bonds is 4. The molecule has 0 bridgehead atoms. The van der Waals surface area contributed by atoms with Crippen molar-refractivity contribution < 1.29 is 17.9 Å². The van der Waals surface area contributed by atoms with Crippen LogP contribution in [0.3, 0.4) is 0 Å². The van der Waals surface area contributed by atoms with Gasteiger partial charge in [0.25, 0.3) is 0 Å². The number of alkyl halides is 3. The molecule has 0 aliphatic carbocycles. The van der Waals surface area contributed by atoms with E-state index in [1.807, 2.05) is 6.07 Å². The highest BCUT2D eigenvalue weighted by Crippen LogP contribution is 2.35. The highest BCUT2D eigenvalue weighted by Gasteiger charge is 2.33. The molecule has 7 heteroatoms. The molecule has 0 saturated heterocycles. The molecule has 0 spiro atoms. The molecule has 166 valence electrons. The van der Waals surface area contributed by atoms with E-state index in [1.54, 1.807) is 24.3 Å². The van der Waals surface area contributed by atoms with Crippen LogP contribution in [0, 0.1) is 0 Å². The fourth-order valence-corrected chi connectivity index (χ4v) is 3.62. The van der Waals surface area contributed by atoms with E-state index in [0.29, 0.717) is 10.8 Å². The van der Waals surface area contributed by atoms with Gasteiger partial charge >= 0.3 is 6.18 Å². The average Bonchev–Trinajstić information content (AvgIpc) is 3.15.